The maximum Gasteiger partial charge on any atom is 0.442 e. The molecule has 9 nitrogen and oxygen atoms in total. The predicted octanol–water partition coefficient (Wildman–Crippen LogP) is 3.74. The van der Waals surface area contributed by atoms with E-state index in [4.69, 9.17) is 23.2 Å². The van der Waals surface area contributed by atoms with Crippen molar-refractivity contribution >= 4 is 64.4 Å². The van der Waals surface area contributed by atoms with Crippen molar-refractivity contribution in [1.82, 2.24) is 14.7 Å². The Kier molecular flexibility index (Phi) is 6.37. The standard InChI is InChI=1S/C19H19Cl2N4O5PS/c1-23-17-11-14(4-5-16(17)18(22-23)19(26)24-6-2-3-7-24)25(31(27,28)29)32(30)15-9-12(20)8-13(21)10-15/h4-5,8-11H,2-3,6-7H2,1H3,(H2,27,28,29). The van der Waals surface area contributed by atoms with Gasteiger partial charge in [-0.15, -0.1) is 0 Å². The summed E-state index contributed by atoms with van der Waals surface area (Å²) in [6.45, 7) is 1.34. The van der Waals surface area contributed by atoms with Crippen LogP contribution in [0.4, 0.5) is 5.69 Å². The van der Waals surface area contributed by atoms with E-state index in [9.17, 15) is 23.4 Å². The van der Waals surface area contributed by atoms with Crippen molar-refractivity contribution in [3.8, 4) is 0 Å². The Labute approximate surface area is 196 Å². The van der Waals surface area contributed by atoms with Crippen molar-refractivity contribution in [2.75, 3.05) is 17.2 Å². The molecule has 1 atom stereocenters. The molecular weight excluding hydrogens is 498 g/mol. The van der Waals surface area contributed by atoms with Gasteiger partial charge in [-0.25, -0.2) is 8.77 Å². The summed E-state index contributed by atoms with van der Waals surface area (Å²) in [6, 6.07) is 8.45. The monoisotopic (exact) mass is 516 g/mol. The van der Waals surface area contributed by atoms with Crippen LogP contribution in [0.1, 0.15) is 23.3 Å². The smallest absolute Gasteiger partial charge is 0.337 e. The van der Waals surface area contributed by atoms with Crippen molar-refractivity contribution in [2.24, 2.45) is 7.05 Å². The molecule has 0 spiro atoms. The zero-order chi connectivity index (χ0) is 23.2. The van der Waals surface area contributed by atoms with E-state index < -0.39 is 18.7 Å². The summed E-state index contributed by atoms with van der Waals surface area (Å²) in [7, 11) is -5.72. The van der Waals surface area contributed by atoms with Gasteiger partial charge in [0.1, 0.15) is 0 Å². The number of amides is 1. The molecule has 0 bridgehead atoms. The van der Waals surface area contributed by atoms with Gasteiger partial charge in [-0.3, -0.25) is 9.48 Å². The Hall–Kier alpha value is -1.94. The molecule has 4 rings (SSSR count). The van der Waals surface area contributed by atoms with Crippen LogP contribution in [-0.2, 0) is 22.6 Å². The van der Waals surface area contributed by atoms with E-state index in [1.807, 2.05) is 0 Å². The fourth-order valence-corrected chi connectivity index (χ4v) is 6.76. The van der Waals surface area contributed by atoms with Crippen molar-refractivity contribution in [3.05, 3.63) is 52.1 Å². The topological polar surface area (TPSA) is 116 Å². The van der Waals surface area contributed by atoms with Crippen LogP contribution >= 0.6 is 30.9 Å². The first-order valence-corrected chi connectivity index (χ1v) is 13.0. The van der Waals surface area contributed by atoms with Crippen LogP contribution in [0.2, 0.25) is 10.0 Å². The second kappa shape index (κ2) is 8.78. The van der Waals surface area contributed by atoms with E-state index in [1.54, 1.807) is 18.0 Å². The highest BCUT2D eigenvalue weighted by Crippen LogP contribution is 2.47. The lowest BCUT2D eigenvalue weighted by molar-refractivity contribution is 0.0788. The molecular formula is C19H19Cl2N4O5PS. The van der Waals surface area contributed by atoms with Crippen molar-refractivity contribution < 1.29 is 23.4 Å². The molecule has 1 unspecified atom stereocenters. The maximum atomic E-state index is 13.1. The van der Waals surface area contributed by atoms with Gasteiger partial charge in [-0.2, -0.15) is 9.17 Å². The van der Waals surface area contributed by atoms with Gasteiger partial charge in [0.15, 0.2) is 16.7 Å². The summed E-state index contributed by atoms with van der Waals surface area (Å²) in [5, 5.41) is 5.22. The highest BCUT2D eigenvalue weighted by Gasteiger charge is 2.34. The van der Waals surface area contributed by atoms with Gasteiger partial charge < -0.3 is 14.7 Å². The number of carbonyl (C=O) groups excluding carboxylic acids is 1. The van der Waals surface area contributed by atoms with Crippen LogP contribution in [0.15, 0.2) is 41.3 Å². The van der Waals surface area contributed by atoms with Gasteiger partial charge in [-0.1, -0.05) is 23.2 Å². The molecule has 1 aliphatic heterocycles. The van der Waals surface area contributed by atoms with Gasteiger partial charge in [0.05, 0.1) is 16.1 Å². The van der Waals surface area contributed by atoms with Crippen molar-refractivity contribution in [1.29, 1.82) is 0 Å². The molecule has 13 heteroatoms. The summed E-state index contributed by atoms with van der Waals surface area (Å²) in [6.07, 6.45) is 1.88. The number of halogens is 2. The number of hydrogen-bond acceptors (Lipinski definition) is 4. The Morgan fingerprint density at radius 1 is 1.12 bits per heavy atom. The first-order chi connectivity index (χ1) is 15.1. The average molecular weight is 517 g/mol. The van der Waals surface area contributed by atoms with E-state index in [0.717, 1.165) is 12.8 Å². The molecule has 1 saturated heterocycles. The van der Waals surface area contributed by atoms with Gasteiger partial charge in [0, 0.05) is 35.6 Å². The lowest BCUT2D eigenvalue weighted by atomic mass is 10.2. The summed E-state index contributed by atoms with van der Waals surface area (Å²) in [4.78, 5) is 34.6. The molecule has 1 aliphatic rings. The highest BCUT2D eigenvalue weighted by molar-refractivity contribution is 7.94. The maximum absolute atomic E-state index is 13.1. The third kappa shape index (κ3) is 4.44. The van der Waals surface area contributed by atoms with E-state index in [0.29, 0.717) is 28.1 Å². The number of anilines is 1. The minimum Gasteiger partial charge on any atom is -0.337 e. The number of hydrogen-bond donors (Lipinski definition) is 2. The molecule has 2 N–H and O–H groups in total. The normalized spacial score (nSPS) is 15.3. The molecule has 0 radical (unpaired) electrons. The first kappa shape index (κ1) is 23.2. The van der Waals surface area contributed by atoms with Crippen LogP contribution in [0.5, 0.6) is 0 Å². The van der Waals surface area contributed by atoms with E-state index in [2.05, 4.69) is 5.10 Å². The molecule has 32 heavy (non-hydrogen) atoms. The summed E-state index contributed by atoms with van der Waals surface area (Å²) in [5.41, 5.74) is 0.717. The van der Waals surface area contributed by atoms with E-state index in [-0.39, 0.29) is 32.2 Å². The molecule has 3 aromatic rings. The number of aryl methyl sites for hydroxylation is 1. The van der Waals surface area contributed by atoms with Crippen LogP contribution < -0.4 is 4.08 Å². The number of aromatic nitrogens is 2. The molecule has 1 aromatic heterocycles. The molecule has 1 fully saturated rings. The summed E-state index contributed by atoms with van der Waals surface area (Å²) in [5.74, 6) is -0.190. The number of benzene rings is 2. The Bertz CT molecular complexity index is 1270. The van der Waals surface area contributed by atoms with Gasteiger partial charge in [-0.05, 0) is 49.2 Å². The summed E-state index contributed by atoms with van der Waals surface area (Å²) >= 11 is 11.9. The third-order valence-corrected chi connectivity index (χ3v) is 8.47. The van der Waals surface area contributed by atoms with Crippen LogP contribution in [0, 0.1) is 0 Å². The number of fused-ring (bicyclic) bond motifs is 1. The second-order valence-electron chi connectivity index (χ2n) is 7.31. The van der Waals surface area contributed by atoms with E-state index >= 15 is 0 Å². The first-order valence-electron chi connectivity index (χ1n) is 9.56. The van der Waals surface area contributed by atoms with Crippen molar-refractivity contribution in [2.45, 2.75) is 17.7 Å². The lowest BCUT2D eigenvalue weighted by Gasteiger charge is -2.24. The lowest BCUT2D eigenvalue weighted by Crippen LogP contribution is -2.28. The molecule has 1 amide bonds. The zero-order valence-corrected chi connectivity index (χ0v) is 20.0. The zero-order valence-electron chi connectivity index (χ0n) is 16.8. The minimum absolute atomic E-state index is 0.0107. The third-order valence-electron chi connectivity index (χ3n) is 5.08. The number of likely N-dealkylation sites (tertiary alicyclic amines) is 1. The average Bonchev–Trinajstić information content (AvgIpc) is 3.34. The molecule has 0 saturated carbocycles. The SMILES string of the molecule is Cn1nc(C(=O)N2CCCC2)c2ccc(N(S(=O)c3cc(Cl)cc(Cl)c3)P(=O)(O)O)cc21. The van der Waals surface area contributed by atoms with Gasteiger partial charge in [0.2, 0.25) is 0 Å². The number of rotatable bonds is 5. The van der Waals surface area contributed by atoms with Gasteiger partial charge >= 0.3 is 7.75 Å². The fourth-order valence-electron chi connectivity index (χ4n) is 3.66. The van der Waals surface area contributed by atoms with Crippen LogP contribution in [-0.4, -0.2) is 47.7 Å². The second-order valence-corrected chi connectivity index (χ2v) is 11.2. The molecule has 170 valence electrons. The Morgan fingerprint density at radius 2 is 1.75 bits per heavy atom. The number of nitrogens with zero attached hydrogens (tertiary/aromatic N) is 4. The highest BCUT2D eigenvalue weighted by atomic mass is 35.5. The van der Waals surface area contributed by atoms with Crippen LogP contribution in [0.3, 0.4) is 0 Å². The molecule has 2 heterocycles. The number of carbonyl (C=O) groups is 1. The molecule has 2 aromatic carbocycles. The Balaban J connectivity index is 1.79. The fraction of sp³-hybridized carbons (Fsp3) is 0.263. The van der Waals surface area contributed by atoms with Crippen LogP contribution in [0.25, 0.3) is 10.9 Å². The Morgan fingerprint density at radius 3 is 2.34 bits per heavy atom. The summed E-state index contributed by atoms with van der Waals surface area (Å²) < 4.78 is 27.4. The van der Waals surface area contributed by atoms with E-state index in [1.165, 1.54) is 35.0 Å². The van der Waals surface area contributed by atoms with Gasteiger partial charge in [0.25, 0.3) is 5.91 Å². The molecule has 0 aliphatic carbocycles. The largest absolute Gasteiger partial charge is 0.442 e. The quantitative estimate of drug-likeness (QED) is 0.499. The minimum atomic E-state index is -5.03. The predicted molar refractivity (Wildman–Crippen MR) is 123 cm³/mol. The van der Waals surface area contributed by atoms with Crippen molar-refractivity contribution in [3.63, 3.8) is 0 Å².